The van der Waals surface area contributed by atoms with Crippen LogP contribution in [0.1, 0.15) is 25.6 Å². The van der Waals surface area contributed by atoms with Crippen molar-refractivity contribution >= 4 is 15.9 Å². The Hall–Kier alpha value is -0.390. The van der Waals surface area contributed by atoms with E-state index in [0.717, 1.165) is 4.47 Å². The van der Waals surface area contributed by atoms with E-state index in [4.69, 9.17) is 0 Å². The summed E-state index contributed by atoms with van der Waals surface area (Å²) in [4.78, 5) is 0. The van der Waals surface area contributed by atoms with Gasteiger partial charge in [0, 0.05) is 6.54 Å². The van der Waals surface area contributed by atoms with E-state index in [2.05, 4.69) is 21.0 Å². The second-order valence-electron chi connectivity index (χ2n) is 2.88. The summed E-state index contributed by atoms with van der Waals surface area (Å²) in [5.74, 6) is 0. The van der Waals surface area contributed by atoms with E-state index in [1.807, 2.05) is 6.92 Å². The normalized spacial score (nSPS) is 15.8. The molecule has 1 aromatic heterocycles. The zero-order valence-corrected chi connectivity index (χ0v) is 9.19. The molecule has 2 N–H and O–H groups in total. The number of aryl methyl sites for hydroxylation is 1. The first-order valence-corrected chi connectivity index (χ1v) is 4.94. The van der Waals surface area contributed by atoms with Crippen LogP contribution in [0.25, 0.3) is 0 Å². The molecule has 0 amide bonds. The molecule has 0 aliphatic rings. The summed E-state index contributed by atoms with van der Waals surface area (Å²) >= 11 is 3.27. The third-order valence-corrected chi connectivity index (χ3v) is 2.48. The number of aliphatic hydroxyl groups is 2. The summed E-state index contributed by atoms with van der Waals surface area (Å²) in [5.41, 5.74) is 0.623. The number of hydrogen-bond acceptors (Lipinski definition) is 3. The van der Waals surface area contributed by atoms with E-state index in [1.54, 1.807) is 17.8 Å². The Morgan fingerprint density at radius 2 is 2.23 bits per heavy atom. The van der Waals surface area contributed by atoms with Crippen molar-refractivity contribution < 1.29 is 10.2 Å². The van der Waals surface area contributed by atoms with Crippen LogP contribution in [0.15, 0.2) is 10.7 Å². The molecule has 0 bridgehead atoms. The van der Waals surface area contributed by atoms with E-state index in [1.165, 1.54) is 0 Å². The van der Waals surface area contributed by atoms with Gasteiger partial charge in [-0.15, -0.1) is 0 Å². The van der Waals surface area contributed by atoms with Crippen molar-refractivity contribution in [3.63, 3.8) is 0 Å². The quantitative estimate of drug-likeness (QED) is 0.842. The minimum absolute atomic E-state index is 0.623. The van der Waals surface area contributed by atoms with Gasteiger partial charge in [0.15, 0.2) is 0 Å². The molecule has 0 aromatic carbocycles. The monoisotopic (exact) mass is 248 g/mol. The standard InChI is InChI=1S/C8H13BrN2O2/c1-3-11-7(6(9)4-10-11)8(13)5(2)12/h4-5,8,12-13H,3H2,1-2H3. The lowest BCUT2D eigenvalue weighted by Gasteiger charge is -2.15. The number of nitrogens with zero attached hydrogens (tertiary/aromatic N) is 2. The second kappa shape index (κ2) is 4.21. The summed E-state index contributed by atoms with van der Waals surface area (Å²) in [6.07, 6.45) is -0.0696. The fraction of sp³-hybridized carbons (Fsp3) is 0.625. The molecule has 0 aliphatic heterocycles. The number of aliphatic hydroxyl groups excluding tert-OH is 2. The Kier molecular flexibility index (Phi) is 3.47. The first-order valence-electron chi connectivity index (χ1n) is 4.15. The predicted molar refractivity (Wildman–Crippen MR) is 52.2 cm³/mol. The molecule has 13 heavy (non-hydrogen) atoms. The highest BCUT2D eigenvalue weighted by molar-refractivity contribution is 9.10. The van der Waals surface area contributed by atoms with E-state index in [9.17, 15) is 10.2 Å². The third-order valence-electron chi connectivity index (χ3n) is 1.87. The number of hydrogen-bond donors (Lipinski definition) is 2. The van der Waals surface area contributed by atoms with Gasteiger partial charge in [-0.1, -0.05) is 0 Å². The summed E-state index contributed by atoms with van der Waals surface area (Å²) < 4.78 is 2.38. The zero-order chi connectivity index (χ0) is 10.0. The Morgan fingerprint density at radius 1 is 1.62 bits per heavy atom. The molecule has 5 heteroatoms. The molecular weight excluding hydrogens is 236 g/mol. The van der Waals surface area contributed by atoms with Crippen LogP contribution in [0.2, 0.25) is 0 Å². The molecule has 4 nitrogen and oxygen atoms in total. The highest BCUT2D eigenvalue weighted by atomic mass is 79.9. The highest BCUT2D eigenvalue weighted by Gasteiger charge is 2.21. The van der Waals surface area contributed by atoms with Gasteiger partial charge in [-0.3, -0.25) is 4.68 Å². The topological polar surface area (TPSA) is 58.3 Å². The molecule has 2 unspecified atom stereocenters. The van der Waals surface area contributed by atoms with Crippen molar-refractivity contribution in [1.29, 1.82) is 0 Å². The van der Waals surface area contributed by atoms with E-state index < -0.39 is 12.2 Å². The van der Waals surface area contributed by atoms with Gasteiger partial charge >= 0.3 is 0 Å². The molecule has 0 saturated carbocycles. The van der Waals surface area contributed by atoms with Gasteiger partial charge in [0.1, 0.15) is 6.10 Å². The minimum Gasteiger partial charge on any atom is -0.390 e. The fourth-order valence-electron chi connectivity index (χ4n) is 1.15. The SMILES string of the molecule is CCn1ncc(Br)c1C(O)C(C)O. The van der Waals surface area contributed by atoms with Crippen LogP contribution in [0, 0.1) is 0 Å². The van der Waals surface area contributed by atoms with Crippen LogP contribution < -0.4 is 0 Å². The summed E-state index contributed by atoms with van der Waals surface area (Å²) in [5, 5.41) is 22.9. The van der Waals surface area contributed by atoms with Crippen molar-refractivity contribution in [1.82, 2.24) is 9.78 Å². The number of aromatic nitrogens is 2. The van der Waals surface area contributed by atoms with Crippen LogP contribution in [-0.2, 0) is 6.54 Å². The Labute approximate surface area is 85.3 Å². The van der Waals surface area contributed by atoms with Gasteiger partial charge < -0.3 is 10.2 Å². The largest absolute Gasteiger partial charge is 0.390 e. The number of rotatable bonds is 3. The Bertz CT molecular complexity index is 286. The molecule has 0 saturated heterocycles. The van der Waals surface area contributed by atoms with Gasteiger partial charge in [0.25, 0.3) is 0 Å². The van der Waals surface area contributed by atoms with E-state index >= 15 is 0 Å². The molecule has 0 fully saturated rings. The summed E-state index contributed by atoms with van der Waals surface area (Å²) in [6.45, 7) is 4.15. The zero-order valence-electron chi connectivity index (χ0n) is 7.61. The molecule has 0 spiro atoms. The molecular formula is C8H13BrN2O2. The first-order chi connectivity index (χ1) is 6.07. The van der Waals surface area contributed by atoms with Crippen LogP contribution >= 0.6 is 15.9 Å². The van der Waals surface area contributed by atoms with Crippen molar-refractivity contribution in [2.45, 2.75) is 32.6 Å². The maximum Gasteiger partial charge on any atom is 0.122 e. The van der Waals surface area contributed by atoms with Crippen LogP contribution in [-0.4, -0.2) is 26.1 Å². The molecule has 0 aliphatic carbocycles. The van der Waals surface area contributed by atoms with Gasteiger partial charge in [-0.25, -0.2) is 0 Å². The maximum absolute atomic E-state index is 9.64. The predicted octanol–water partition coefficient (Wildman–Crippen LogP) is 1.08. The number of halogens is 1. The summed E-state index contributed by atoms with van der Waals surface area (Å²) in [6, 6.07) is 0. The first kappa shape index (κ1) is 10.7. The lowest BCUT2D eigenvalue weighted by Crippen LogP contribution is -2.18. The smallest absolute Gasteiger partial charge is 0.122 e. The van der Waals surface area contributed by atoms with Crippen molar-refractivity contribution in [2.24, 2.45) is 0 Å². The average Bonchev–Trinajstić information content (AvgIpc) is 2.45. The van der Waals surface area contributed by atoms with Crippen molar-refractivity contribution in [3.05, 3.63) is 16.4 Å². The van der Waals surface area contributed by atoms with E-state index in [0.29, 0.717) is 12.2 Å². The molecule has 1 heterocycles. The van der Waals surface area contributed by atoms with Gasteiger partial charge in [-0.2, -0.15) is 5.10 Å². The molecule has 1 rings (SSSR count). The molecule has 74 valence electrons. The van der Waals surface area contributed by atoms with Crippen LogP contribution in [0.4, 0.5) is 0 Å². The molecule has 1 aromatic rings. The Balaban J connectivity index is 3.03. The van der Waals surface area contributed by atoms with Gasteiger partial charge in [-0.05, 0) is 29.8 Å². The van der Waals surface area contributed by atoms with Gasteiger partial charge in [0.05, 0.1) is 22.5 Å². The second-order valence-corrected chi connectivity index (χ2v) is 3.73. The third kappa shape index (κ3) is 2.10. The Morgan fingerprint density at radius 3 is 2.69 bits per heavy atom. The van der Waals surface area contributed by atoms with Crippen molar-refractivity contribution in [3.8, 4) is 0 Å². The fourth-order valence-corrected chi connectivity index (χ4v) is 1.68. The van der Waals surface area contributed by atoms with Gasteiger partial charge in [0.2, 0.25) is 0 Å². The van der Waals surface area contributed by atoms with Crippen molar-refractivity contribution in [2.75, 3.05) is 0 Å². The van der Waals surface area contributed by atoms with E-state index in [-0.39, 0.29) is 0 Å². The molecule has 0 radical (unpaired) electrons. The van der Waals surface area contributed by atoms with Crippen LogP contribution in [0.3, 0.4) is 0 Å². The maximum atomic E-state index is 9.64. The average molecular weight is 249 g/mol. The lowest BCUT2D eigenvalue weighted by molar-refractivity contribution is 0.0245. The summed E-state index contributed by atoms with van der Waals surface area (Å²) in [7, 11) is 0. The minimum atomic E-state index is -0.892. The van der Waals surface area contributed by atoms with Crippen LogP contribution in [0.5, 0.6) is 0 Å². The highest BCUT2D eigenvalue weighted by Crippen LogP contribution is 2.25. The molecule has 2 atom stereocenters. The lowest BCUT2D eigenvalue weighted by atomic mass is 10.1.